The van der Waals surface area contributed by atoms with Crippen LogP contribution in [0.1, 0.15) is 51.4 Å². The largest absolute Gasteiger partial charge is 0.486 e. The molecule has 0 bridgehead atoms. The fourth-order valence-corrected chi connectivity index (χ4v) is 9.53. The van der Waals surface area contributed by atoms with Gasteiger partial charge < -0.3 is 14.0 Å². The van der Waals surface area contributed by atoms with Gasteiger partial charge >= 0.3 is 0 Å². The van der Waals surface area contributed by atoms with Crippen LogP contribution in [-0.4, -0.2) is 27.6 Å². The molecule has 1 radical (unpaired) electrons. The summed E-state index contributed by atoms with van der Waals surface area (Å²) in [5, 5.41) is 3.50. The number of benzene rings is 5. The molecular formula is C53H52IrN4OSi-2. The van der Waals surface area contributed by atoms with Gasteiger partial charge in [0.15, 0.2) is 0 Å². The number of fused-ring (bicyclic) bond motifs is 4. The van der Waals surface area contributed by atoms with Crippen molar-refractivity contribution in [3.05, 3.63) is 163 Å². The van der Waals surface area contributed by atoms with Gasteiger partial charge in [-0.25, -0.2) is 4.98 Å². The van der Waals surface area contributed by atoms with Crippen molar-refractivity contribution in [3.63, 3.8) is 0 Å². The van der Waals surface area contributed by atoms with Crippen LogP contribution < -0.4 is 5.19 Å². The molecule has 0 aliphatic heterocycles. The fraction of sp³-hybridized carbons (Fsp3) is 0.226. The van der Waals surface area contributed by atoms with Crippen LogP contribution in [0, 0.1) is 25.0 Å². The first-order valence-electron chi connectivity index (χ1n) is 20.6. The Morgan fingerprint density at radius 1 is 0.750 bits per heavy atom. The molecule has 0 aliphatic carbocycles. The topological polar surface area (TPSA) is 56.7 Å². The smallest absolute Gasteiger partial charge is 0.216 e. The average Bonchev–Trinajstić information content (AvgIpc) is 3.79. The maximum atomic E-state index is 6.38. The van der Waals surface area contributed by atoms with Crippen molar-refractivity contribution in [1.82, 2.24) is 19.5 Å². The summed E-state index contributed by atoms with van der Waals surface area (Å²) in [7, 11) is -1.34. The second-order valence-electron chi connectivity index (χ2n) is 18.0. The molecule has 0 saturated heterocycles. The third-order valence-corrected chi connectivity index (χ3v) is 12.9. The van der Waals surface area contributed by atoms with Gasteiger partial charge in [0.2, 0.25) is 5.71 Å². The summed E-state index contributed by atoms with van der Waals surface area (Å²) >= 11 is 0. The zero-order chi connectivity index (χ0) is 41.5. The van der Waals surface area contributed by atoms with E-state index in [0.29, 0.717) is 11.6 Å². The standard InChI is InChI=1S/C35H28N3O.C18H24NSi.Ir/c1-22-17-19-26-25-13-10-14-27(32(25)39-34(26)36-22)33-37-29-15-8-9-16-31(29)38(33)30-20-18-24(21-28(30)35(2,3)4)23-11-6-5-7-12-23;1-14(2)11-16-12-17(15-9-7-6-8-10-15)19-13-18(16)20(3,4)5;/h5-13,15-21H,1-4H3;6-9,12-14H,11H2,1-5H3;/q2*-1;. The Labute approximate surface area is 369 Å². The first-order valence-corrected chi connectivity index (χ1v) is 24.1. The minimum absolute atomic E-state index is 0. The van der Waals surface area contributed by atoms with E-state index in [9.17, 15) is 0 Å². The Morgan fingerprint density at radius 3 is 2.22 bits per heavy atom. The minimum Gasteiger partial charge on any atom is -0.486 e. The third kappa shape index (κ3) is 8.71. The van der Waals surface area contributed by atoms with Crippen molar-refractivity contribution in [3.8, 4) is 39.5 Å². The SMILES string of the molecule is CC(C)Cc1cc(-c2[c-]cccc2)ncc1[Si](C)(C)C.Cc1ccc2c(n1)oc1c(-c3nc4ccccc4n3-c3ccc(-c4ccccc4)cc3C(C)(C)C)[c-]ccc12.[Ir]. The number of aromatic nitrogens is 4. The number of imidazole rings is 1. The van der Waals surface area contributed by atoms with Gasteiger partial charge in [-0.2, -0.15) is 0 Å². The van der Waals surface area contributed by atoms with E-state index in [2.05, 4.69) is 172 Å². The number of nitrogens with zero attached hydrogens (tertiary/aromatic N) is 4. The second-order valence-corrected chi connectivity index (χ2v) is 23.0. The second kappa shape index (κ2) is 17.3. The van der Waals surface area contributed by atoms with Crippen LogP contribution in [0.5, 0.6) is 0 Å². The van der Waals surface area contributed by atoms with E-state index in [1.165, 1.54) is 27.4 Å². The Morgan fingerprint density at radius 2 is 1.50 bits per heavy atom. The number of pyridine rings is 2. The van der Waals surface area contributed by atoms with Crippen LogP contribution in [-0.2, 0) is 31.9 Å². The summed E-state index contributed by atoms with van der Waals surface area (Å²) in [6.07, 6.45) is 3.24. The Hall–Kier alpha value is -5.46. The predicted molar refractivity (Wildman–Crippen MR) is 249 cm³/mol. The molecule has 0 atom stereocenters. The van der Waals surface area contributed by atoms with Crippen molar-refractivity contribution in [2.45, 2.75) is 73.0 Å². The molecule has 9 aromatic rings. The molecule has 0 saturated carbocycles. The molecule has 305 valence electrons. The molecule has 0 spiro atoms. The fourth-order valence-electron chi connectivity index (χ4n) is 7.94. The summed E-state index contributed by atoms with van der Waals surface area (Å²) in [6, 6.07) is 50.8. The molecular weight excluding hydrogens is 929 g/mol. The van der Waals surface area contributed by atoms with Crippen molar-refractivity contribution in [2.24, 2.45) is 5.92 Å². The number of aryl methyl sites for hydroxylation is 1. The van der Waals surface area contributed by atoms with Crippen LogP contribution in [0.2, 0.25) is 19.6 Å². The first kappa shape index (κ1) is 42.7. The molecule has 4 heterocycles. The van der Waals surface area contributed by atoms with E-state index in [1.54, 1.807) is 0 Å². The monoisotopic (exact) mass is 981 g/mol. The summed E-state index contributed by atoms with van der Waals surface area (Å²) in [5.74, 6) is 1.47. The van der Waals surface area contributed by atoms with Gasteiger partial charge in [0.1, 0.15) is 0 Å². The third-order valence-electron chi connectivity index (χ3n) is 10.8. The maximum absolute atomic E-state index is 6.38. The zero-order valence-electron chi connectivity index (χ0n) is 36.0. The molecule has 9 rings (SSSR count). The zero-order valence-corrected chi connectivity index (χ0v) is 39.4. The van der Waals surface area contributed by atoms with Crippen LogP contribution in [0.15, 0.2) is 138 Å². The Kier molecular flexibility index (Phi) is 12.3. The van der Waals surface area contributed by atoms with Crippen molar-refractivity contribution in [1.29, 1.82) is 0 Å². The molecule has 0 aliphatic rings. The molecule has 0 N–H and O–H groups in total. The Balaban J connectivity index is 0.000000220. The first-order chi connectivity index (χ1) is 28.3. The molecule has 5 aromatic carbocycles. The number of hydrogen-bond acceptors (Lipinski definition) is 4. The van der Waals surface area contributed by atoms with Crippen molar-refractivity contribution >= 4 is 46.4 Å². The molecule has 0 amide bonds. The summed E-state index contributed by atoms with van der Waals surface area (Å²) in [4.78, 5) is 14.5. The maximum Gasteiger partial charge on any atom is 0.216 e. The number of para-hydroxylation sites is 2. The van der Waals surface area contributed by atoms with Gasteiger partial charge in [0.25, 0.3) is 0 Å². The molecule has 0 fully saturated rings. The van der Waals surface area contributed by atoms with E-state index >= 15 is 0 Å². The summed E-state index contributed by atoms with van der Waals surface area (Å²) in [6.45, 7) is 20.5. The van der Waals surface area contributed by atoms with Gasteiger partial charge in [0, 0.05) is 43.1 Å². The molecule has 60 heavy (non-hydrogen) atoms. The predicted octanol–water partition coefficient (Wildman–Crippen LogP) is 13.3. The van der Waals surface area contributed by atoms with E-state index < -0.39 is 8.07 Å². The van der Waals surface area contributed by atoms with E-state index in [-0.39, 0.29) is 25.5 Å². The van der Waals surface area contributed by atoms with E-state index in [0.717, 1.165) is 67.8 Å². The van der Waals surface area contributed by atoms with E-state index in [1.807, 2.05) is 49.4 Å². The van der Waals surface area contributed by atoms with E-state index in [4.69, 9.17) is 9.40 Å². The average molecular weight is 981 g/mol. The number of hydrogen-bond donors (Lipinski definition) is 0. The van der Waals surface area contributed by atoms with Gasteiger partial charge in [0.05, 0.1) is 30.5 Å². The van der Waals surface area contributed by atoms with Crippen LogP contribution in [0.25, 0.3) is 72.6 Å². The molecule has 4 aromatic heterocycles. The number of furan rings is 1. The molecule has 0 unspecified atom stereocenters. The van der Waals surface area contributed by atoms with Crippen LogP contribution in [0.4, 0.5) is 0 Å². The summed E-state index contributed by atoms with van der Waals surface area (Å²) < 4.78 is 8.65. The van der Waals surface area contributed by atoms with Crippen molar-refractivity contribution in [2.75, 3.05) is 0 Å². The normalized spacial score (nSPS) is 11.8. The summed E-state index contributed by atoms with van der Waals surface area (Å²) in [5.41, 5.74) is 13.3. The molecule has 5 nitrogen and oxygen atoms in total. The Bertz CT molecular complexity index is 2920. The van der Waals surface area contributed by atoms with Gasteiger partial charge in [-0.05, 0) is 88.6 Å². The molecule has 7 heteroatoms. The van der Waals surface area contributed by atoms with Crippen molar-refractivity contribution < 1.29 is 24.5 Å². The van der Waals surface area contributed by atoms with Gasteiger partial charge in [-0.3, -0.25) is 4.98 Å². The van der Waals surface area contributed by atoms with Gasteiger partial charge in [-0.15, -0.1) is 54.1 Å². The van der Waals surface area contributed by atoms with Crippen LogP contribution in [0.3, 0.4) is 0 Å². The minimum atomic E-state index is -1.34. The number of rotatable bonds is 7. The van der Waals surface area contributed by atoms with Gasteiger partial charge in [-0.1, -0.05) is 125 Å². The van der Waals surface area contributed by atoms with Crippen LogP contribution >= 0.6 is 0 Å². The quantitative estimate of drug-likeness (QED) is 0.118.